The Labute approximate surface area is 168 Å². The molecule has 0 saturated carbocycles. The van der Waals surface area contributed by atoms with Gasteiger partial charge in [0, 0.05) is 29.0 Å². The number of benzene rings is 1. The molecule has 0 radical (unpaired) electrons. The summed E-state index contributed by atoms with van der Waals surface area (Å²) in [5.41, 5.74) is 7.39. The lowest BCUT2D eigenvalue weighted by molar-refractivity contribution is -0.122. The third-order valence-electron chi connectivity index (χ3n) is 4.98. The highest BCUT2D eigenvalue weighted by molar-refractivity contribution is 6.30. The van der Waals surface area contributed by atoms with Crippen molar-refractivity contribution < 1.29 is 9.59 Å². The fourth-order valence-corrected chi connectivity index (χ4v) is 3.74. The lowest BCUT2D eigenvalue weighted by Crippen LogP contribution is -2.57. The minimum atomic E-state index is -1.24. The van der Waals surface area contributed by atoms with Gasteiger partial charge in [-0.2, -0.15) is 5.10 Å². The number of anilines is 1. The minimum absolute atomic E-state index is 0.461. The number of amides is 3. The molecule has 0 bridgehead atoms. The first-order valence-electron chi connectivity index (χ1n) is 8.75. The van der Waals surface area contributed by atoms with Gasteiger partial charge < -0.3 is 16.4 Å². The maximum atomic E-state index is 12.7. The van der Waals surface area contributed by atoms with Crippen LogP contribution in [0.3, 0.4) is 0 Å². The number of nitrogens with two attached hydrogens (primary N) is 1. The zero-order valence-corrected chi connectivity index (χ0v) is 16.6. The van der Waals surface area contributed by atoms with Crippen molar-refractivity contribution in [3.05, 3.63) is 70.5 Å². The van der Waals surface area contributed by atoms with Crippen LogP contribution in [-0.4, -0.2) is 27.8 Å². The number of urea groups is 1. The predicted molar refractivity (Wildman–Crippen MR) is 109 cm³/mol. The number of nitrogens with zero attached hydrogens (tertiary/aromatic N) is 2. The number of nitrogens with one attached hydrogen (secondary N) is 2. The highest BCUT2D eigenvalue weighted by Gasteiger charge is 2.47. The third-order valence-corrected chi connectivity index (χ3v) is 5.24. The fraction of sp³-hybridized carbons (Fsp3) is 0.250. The van der Waals surface area contributed by atoms with E-state index in [2.05, 4.69) is 15.7 Å². The normalized spacial score (nSPS) is 20.8. The molecule has 3 amide bonds. The predicted octanol–water partition coefficient (Wildman–Crippen LogP) is 2.73. The molecule has 0 aliphatic heterocycles. The van der Waals surface area contributed by atoms with Gasteiger partial charge >= 0.3 is 6.03 Å². The minimum Gasteiger partial charge on any atom is -0.369 e. The van der Waals surface area contributed by atoms with Gasteiger partial charge in [-0.15, -0.1) is 0 Å². The highest BCUT2D eigenvalue weighted by atomic mass is 35.5. The maximum absolute atomic E-state index is 12.7. The quantitative estimate of drug-likeness (QED) is 0.736. The third kappa shape index (κ3) is 3.41. The standard InChI is InChI=1S/C20H22ClN5O2/c1-12-17(13(2)26(3)25-12)20(18(22)27)11-5-4-6-16(20)24-19(28)23-15-9-7-14(21)8-10-15/h4-11,16H,1-3H3,(H2,22,27)(H2,23,24,28). The number of hydrogen-bond acceptors (Lipinski definition) is 3. The number of primary amides is 1. The van der Waals surface area contributed by atoms with Crippen molar-refractivity contribution in [1.29, 1.82) is 0 Å². The summed E-state index contributed by atoms with van der Waals surface area (Å²) < 4.78 is 1.70. The first-order chi connectivity index (χ1) is 13.3. The Morgan fingerprint density at radius 2 is 1.89 bits per heavy atom. The van der Waals surface area contributed by atoms with Gasteiger partial charge in [-0.1, -0.05) is 35.9 Å². The second-order valence-electron chi connectivity index (χ2n) is 6.73. The Hall–Kier alpha value is -3.06. The van der Waals surface area contributed by atoms with Crippen LogP contribution in [0.25, 0.3) is 0 Å². The van der Waals surface area contributed by atoms with Crippen LogP contribution in [-0.2, 0) is 17.3 Å². The van der Waals surface area contributed by atoms with Gasteiger partial charge in [0.15, 0.2) is 0 Å². The van der Waals surface area contributed by atoms with Crippen LogP contribution in [0.5, 0.6) is 0 Å². The number of aryl methyl sites for hydroxylation is 2. The van der Waals surface area contributed by atoms with Crippen molar-refractivity contribution in [3.63, 3.8) is 0 Å². The van der Waals surface area contributed by atoms with Crippen LogP contribution in [0.4, 0.5) is 10.5 Å². The van der Waals surface area contributed by atoms with E-state index in [4.69, 9.17) is 17.3 Å². The molecule has 1 aliphatic carbocycles. The lowest BCUT2D eigenvalue weighted by Gasteiger charge is -2.36. The van der Waals surface area contributed by atoms with Crippen LogP contribution < -0.4 is 16.4 Å². The summed E-state index contributed by atoms with van der Waals surface area (Å²) in [6.45, 7) is 3.70. The smallest absolute Gasteiger partial charge is 0.319 e. The fourth-order valence-electron chi connectivity index (χ4n) is 3.61. The van der Waals surface area contributed by atoms with E-state index in [1.54, 1.807) is 60.3 Å². The Bertz CT molecular complexity index is 977. The summed E-state index contributed by atoms with van der Waals surface area (Å²) in [5.74, 6) is -0.566. The van der Waals surface area contributed by atoms with Crippen molar-refractivity contribution in [2.75, 3.05) is 5.32 Å². The summed E-state index contributed by atoms with van der Waals surface area (Å²) in [6, 6.07) is 5.60. The largest absolute Gasteiger partial charge is 0.369 e. The number of halogens is 1. The van der Waals surface area contributed by atoms with Gasteiger partial charge in [-0.05, 0) is 38.1 Å². The van der Waals surface area contributed by atoms with E-state index < -0.39 is 23.4 Å². The second-order valence-corrected chi connectivity index (χ2v) is 7.17. The maximum Gasteiger partial charge on any atom is 0.319 e. The van der Waals surface area contributed by atoms with E-state index >= 15 is 0 Å². The Kier molecular flexibility index (Phi) is 5.29. The van der Waals surface area contributed by atoms with E-state index in [1.165, 1.54) is 0 Å². The van der Waals surface area contributed by atoms with Crippen molar-refractivity contribution in [3.8, 4) is 0 Å². The molecular formula is C20H22ClN5O2. The van der Waals surface area contributed by atoms with Crippen molar-refractivity contribution >= 4 is 29.2 Å². The van der Waals surface area contributed by atoms with Crippen LogP contribution in [0.1, 0.15) is 17.0 Å². The summed E-state index contributed by atoms with van der Waals surface area (Å²) in [4.78, 5) is 25.3. The van der Waals surface area contributed by atoms with Gasteiger partial charge in [-0.3, -0.25) is 9.48 Å². The number of rotatable bonds is 4. The molecule has 3 rings (SSSR count). The number of hydrogen-bond donors (Lipinski definition) is 3. The molecule has 1 aromatic heterocycles. The van der Waals surface area contributed by atoms with E-state index in [1.807, 2.05) is 13.8 Å². The molecular weight excluding hydrogens is 378 g/mol. The number of carbonyl (C=O) groups is 2. The summed E-state index contributed by atoms with van der Waals surface area (Å²) in [5, 5.41) is 10.6. The topological polar surface area (TPSA) is 102 Å². The lowest BCUT2D eigenvalue weighted by atomic mass is 9.70. The molecule has 2 atom stereocenters. The monoisotopic (exact) mass is 399 g/mol. The molecule has 146 valence electrons. The molecule has 1 aliphatic rings. The Morgan fingerprint density at radius 1 is 1.21 bits per heavy atom. The van der Waals surface area contributed by atoms with Crippen molar-refractivity contribution in [2.24, 2.45) is 12.8 Å². The summed E-state index contributed by atoms with van der Waals surface area (Å²) in [6.07, 6.45) is 7.00. The first-order valence-corrected chi connectivity index (χ1v) is 9.13. The molecule has 7 nitrogen and oxygen atoms in total. The average molecular weight is 400 g/mol. The van der Waals surface area contributed by atoms with E-state index in [9.17, 15) is 9.59 Å². The van der Waals surface area contributed by atoms with Crippen LogP contribution in [0, 0.1) is 13.8 Å². The van der Waals surface area contributed by atoms with Gasteiger partial charge in [-0.25, -0.2) is 4.79 Å². The van der Waals surface area contributed by atoms with Crippen LogP contribution in [0.2, 0.25) is 5.02 Å². The number of carbonyl (C=O) groups excluding carboxylic acids is 2. The second kappa shape index (κ2) is 7.52. The molecule has 28 heavy (non-hydrogen) atoms. The molecule has 0 spiro atoms. The molecule has 2 aromatic rings. The van der Waals surface area contributed by atoms with E-state index in [0.717, 1.165) is 5.69 Å². The Balaban J connectivity index is 1.94. The van der Waals surface area contributed by atoms with Gasteiger partial charge in [0.1, 0.15) is 5.41 Å². The van der Waals surface area contributed by atoms with Crippen molar-refractivity contribution in [1.82, 2.24) is 15.1 Å². The van der Waals surface area contributed by atoms with E-state index in [-0.39, 0.29) is 0 Å². The highest BCUT2D eigenvalue weighted by Crippen LogP contribution is 2.37. The molecule has 2 unspecified atom stereocenters. The van der Waals surface area contributed by atoms with Gasteiger partial charge in [0.05, 0.1) is 11.7 Å². The van der Waals surface area contributed by atoms with Gasteiger partial charge in [0.25, 0.3) is 0 Å². The van der Waals surface area contributed by atoms with Crippen LogP contribution in [0.15, 0.2) is 48.6 Å². The van der Waals surface area contributed by atoms with Crippen molar-refractivity contribution in [2.45, 2.75) is 25.3 Å². The molecule has 4 N–H and O–H groups in total. The zero-order valence-electron chi connectivity index (χ0n) is 15.9. The number of allylic oxidation sites excluding steroid dienone is 2. The molecule has 0 saturated heterocycles. The molecule has 1 aromatic carbocycles. The van der Waals surface area contributed by atoms with E-state index in [0.29, 0.717) is 22.0 Å². The average Bonchev–Trinajstić information content (AvgIpc) is 2.90. The van der Waals surface area contributed by atoms with Gasteiger partial charge in [0.2, 0.25) is 5.91 Å². The number of aromatic nitrogens is 2. The molecule has 1 heterocycles. The molecule has 8 heteroatoms. The Morgan fingerprint density at radius 3 is 2.46 bits per heavy atom. The summed E-state index contributed by atoms with van der Waals surface area (Å²) >= 11 is 5.87. The zero-order chi connectivity index (χ0) is 20.5. The molecule has 0 fully saturated rings. The van der Waals surface area contributed by atoms with Crippen LogP contribution >= 0.6 is 11.6 Å². The SMILES string of the molecule is Cc1nn(C)c(C)c1C1(C(N)=O)C=CC=CC1NC(=O)Nc1ccc(Cl)cc1. The first kappa shape index (κ1) is 19.7. The summed E-state index contributed by atoms with van der Waals surface area (Å²) in [7, 11) is 1.80.